The molecule has 0 radical (unpaired) electrons. The lowest BCUT2D eigenvalue weighted by Crippen LogP contribution is -2.37. The first kappa shape index (κ1) is 16.7. The molecule has 134 valence electrons. The molecule has 2 fully saturated rings. The summed E-state index contributed by atoms with van der Waals surface area (Å²) in [6.45, 7) is 3.87. The third-order valence-corrected chi connectivity index (χ3v) is 6.16. The van der Waals surface area contributed by atoms with E-state index in [4.69, 9.17) is 4.74 Å². The molecule has 3 heterocycles. The molecule has 2 aromatic rings. The topological polar surface area (TPSA) is 61.7 Å². The molecule has 4 rings (SSSR count). The van der Waals surface area contributed by atoms with E-state index in [1.165, 1.54) is 17.4 Å². The van der Waals surface area contributed by atoms with E-state index in [-0.39, 0.29) is 17.8 Å². The SMILES string of the molecule is COc1ccc(F)c(CN2CC3CN(c4nncs4)CC3(CO)C2)c1. The zero-order valence-electron chi connectivity index (χ0n) is 14.1. The van der Waals surface area contributed by atoms with E-state index in [2.05, 4.69) is 20.0 Å². The van der Waals surface area contributed by atoms with Gasteiger partial charge >= 0.3 is 0 Å². The monoisotopic (exact) mass is 364 g/mol. The van der Waals surface area contributed by atoms with Gasteiger partial charge in [-0.1, -0.05) is 11.3 Å². The molecule has 0 amide bonds. The number of halogens is 1. The predicted molar refractivity (Wildman–Crippen MR) is 93.4 cm³/mol. The normalized spacial score (nSPS) is 26.2. The van der Waals surface area contributed by atoms with Crippen molar-refractivity contribution < 1.29 is 14.2 Å². The first-order valence-corrected chi connectivity index (χ1v) is 9.18. The fraction of sp³-hybridized carbons (Fsp3) is 0.529. The van der Waals surface area contributed by atoms with Gasteiger partial charge < -0.3 is 14.7 Å². The number of benzene rings is 1. The number of methoxy groups -OCH3 is 1. The summed E-state index contributed by atoms with van der Waals surface area (Å²) < 4.78 is 19.3. The molecule has 0 saturated carbocycles. The van der Waals surface area contributed by atoms with E-state index in [0.29, 0.717) is 23.8 Å². The molecule has 25 heavy (non-hydrogen) atoms. The van der Waals surface area contributed by atoms with Crippen molar-refractivity contribution in [3.8, 4) is 5.75 Å². The minimum absolute atomic E-state index is 0.129. The number of aliphatic hydroxyl groups is 1. The number of aliphatic hydroxyl groups excluding tert-OH is 1. The van der Waals surface area contributed by atoms with Crippen LogP contribution >= 0.6 is 11.3 Å². The van der Waals surface area contributed by atoms with Crippen molar-refractivity contribution in [1.29, 1.82) is 0 Å². The van der Waals surface area contributed by atoms with Crippen LogP contribution in [0.15, 0.2) is 23.7 Å². The lowest BCUT2D eigenvalue weighted by atomic mass is 9.82. The molecule has 2 atom stereocenters. The van der Waals surface area contributed by atoms with Crippen LogP contribution in [0.1, 0.15) is 5.56 Å². The molecule has 2 aliphatic heterocycles. The van der Waals surface area contributed by atoms with Crippen LogP contribution in [0.5, 0.6) is 5.75 Å². The maximum Gasteiger partial charge on any atom is 0.208 e. The number of rotatable bonds is 5. The number of likely N-dealkylation sites (tertiary alicyclic amines) is 1. The molecule has 6 nitrogen and oxygen atoms in total. The van der Waals surface area contributed by atoms with Crippen molar-refractivity contribution >= 4 is 16.5 Å². The summed E-state index contributed by atoms with van der Waals surface area (Å²) in [7, 11) is 1.58. The second kappa shape index (κ2) is 6.51. The zero-order valence-corrected chi connectivity index (χ0v) is 14.9. The Morgan fingerprint density at radius 3 is 2.96 bits per heavy atom. The molecule has 0 spiro atoms. The Balaban J connectivity index is 1.48. The largest absolute Gasteiger partial charge is 0.497 e. The molecule has 1 aromatic carbocycles. The van der Waals surface area contributed by atoms with Gasteiger partial charge in [-0.05, 0) is 24.1 Å². The quantitative estimate of drug-likeness (QED) is 0.870. The minimum Gasteiger partial charge on any atom is -0.497 e. The first-order chi connectivity index (χ1) is 12.1. The Hall–Kier alpha value is -1.77. The Morgan fingerprint density at radius 1 is 1.40 bits per heavy atom. The lowest BCUT2D eigenvalue weighted by molar-refractivity contribution is 0.125. The Morgan fingerprint density at radius 2 is 2.28 bits per heavy atom. The summed E-state index contributed by atoms with van der Waals surface area (Å²) in [4.78, 5) is 4.44. The van der Waals surface area contributed by atoms with Gasteiger partial charge in [-0.15, -0.1) is 10.2 Å². The summed E-state index contributed by atoms with van der Waals surface area (Å²) >= 11 is 1.52. The van der Waals surface area contributed by atoms with Crippen LogP contribution in [0.4, 0.5) is 9.52 Å². The van der Waals surface area contributed by atoms with Gasteiger partial charge in [0.1, 0.15) is 17.1 Å². The molecule has 2 aliphatic rings. The standard InChI is InChI=1S/C17H21FN4O2S/c1-24-14-2-3-15(18)12(4-14)5-21-6-13-7-22(16-20-19-11-25-16)9-17(13,8-21)10-23/h2-4,11,13,23H,5-10H2,1H3. The molecule has 2 unspecified atom stereocenters. The van der Waals surface area contributed by atoms with E-state index < -0.39 is 0 Å². The Labute approximate surface area is 149 Å². The van der Waals surface area contributed by atoms with Gasteiger partial charge in [-0.25, -0.2) is 4.39 Å². The molecule has 8 heteroatoms. The van der Waals surface area contributed by atoms with Crippen LogP contribution in [0.3, 0.4) is 0 Å². The molecule has 1 aromatic heterocycles. The molecule has 2 saturated heterocycles. The van der Waals surface area contributed by atoms with Crippen LogP contribution in [-0.2, 0) is 6.54 Å². The van der Waals surface area contributed by atoms with Crippen LogP contribution < -0.4 is 9.64 Å². The van der Waals surface area contributed by atoms with Crippen LogP contribution in [-0.4, -0.2) is 60.1 Å². The number of anilines is 1. The second-order valence-electron chi connectivity index (χ2n) is 6.95. The smallest absolute Gasteiger partial charge is 0.208 e. The Kier molecular flexibility index (Phi) is 4.35. The summed E-state index contributed by atoms with van der Waals surface area (Å²) in [6.07, 6.45) is 0. The number of hydrogen-bond acceptors (Lipinski definition) is 7. The Bertz CT molecular complexity index is 744. The van der Waals surface area contributed by atoms with E-state index in [0.717, 1.165) is 31.3 Å². The molecular weight excluding hydrogens is 343 g/mol. The van der Waals surface area contributed by atoms with Crippen molar-refractivity contribution in [3.05, 3.63) is 35.1 Å². The third-order valence-electron chi connectivity index (χ3n) is 5.41. The van der Waals surface area contributed by atoms with E-state index in [1.807, 2.05) is 0 Å². The van der Waals surface area contributed by atoms with E-state index in [1.54, 1.807) is 24.8 Å². The summed E-state index contributed by atoms with van der Waals surface area (Å²) in [6, 6.07) is 4.83. The van der Waals surface area contributed by atoms with Crippen molar-refractivity contribution in [3.63, 3.8) is 0 Å². The number of ether oxygens (including phenoxy) is 1. The van der Waals surface area contributed by atoms with Crippen LogP contribution in [0.2, 0.25) is 0 Å². The summed E-state index contributed by atoms with van der Waals surface area (Å²) in [5.74, 6) is 0.788. The predicted octanol–water partition coefficient (Wildman–Crippen LogP) is 1.62. The highest BCUT2D eigenvalue weighted by atomic mass is 32.1. The van der Waals surface area contributed by atoms with Crippen molar-refractivity contribution in [1.82, 2.24) is 15.1 Å². The lowest BCUT2D eigenvalue weighted by Gasteiger charge is -2.27. The molecule has 0 aliphatic carbocycles. The average Bonchev–Trinajstić information content (AvgIpc) is 3.30. The van der Waals surface area contributed by atoms with E-state index >= 15 is 0 Å². The fourth-order valence-corrected chi connectivity index (χ4v) is 4.70. The van der Waals surface area contributed by atoms with Crippen LogP contribution in [0, 0.1) is 17.2 Å². The second-order valence-corrected chi connectivity index (χ2v) is 7.76. The fourth-order valence-electron chi connectivity index (χ4n) is 4.13. The van der Waals surface area contributed by atoms with Crippen LogP contribution in [0.25, 0.3) is 0 Å². The third kappa shape index (κ3) is 2.98. The van der Waals surface area contributed by atoms with Gasteiger partial charge in [0.25, 0.3) is 0 Å². The molecule has 0 bridgehead atoms. The van der Waals surface area contributed by atoms with Gasteiger partial charge in [-0.2, -0.15) is 0 Å². The van der Waals surface area contributed by atoms with Gasteiger partial charge in [0.15, 0.2) is 0 Å². The zero-order chi connectivity index (χ0) is 17.4. The van der Waals surface area contributed by atoms with Gasteiger partial charge in [0.2, 0.25) is 5.13 Å². The number of nitrogens with zero attached hydrogens (tertiary/aromatic N) is 4. The minimum atomic E-state index is -0.216. The number of hydrogen-bond donors (Lipinski definition) is 1. The first-order valence-electron chi connectivity index (χ1n) is 8.30. The highest BCUT2D eigenvalue weighted by molar-refractivity contribution is 7.13. The average molecular weight is 364 g/mol. The summed E-state index contributed by atoms with van der Waals surface area (Å²) in [5.41, 5.74) is 2.18. The molecular formula is C17H21FN4O2S. The van der Waals surface area contributed by atoms with E-state index in [9.17, 15) is 9.50 Å². The van der Waals surface area contributed by atoms with Crippen molar-refractivity contribution in [2.45, 2.75) is 6.54 Å². The maximum absolute atomic E-state index is 14.1. The van der Waals surface area contributed by atoms with Crippen molar-refractivity contribution in [2.24, 2.45) is 11.3 Å². The van der Waals surface area contributed by atoms with Crippen molar-refractivity contribution in [2.75, 3.05) is 44.8 Å². The maximum atomic E-state index is 14.1. The highest BCUT2D eigenvalue weighted by Gasteiger charge is 2.52. The highest BCUT2D eigenvalue weighted by Crippen LogP contribution is 2.44. The summed E-state index contributed by atoms with van der Waals surface area (Å²) in [5, 5.41) is 19.0. The number of fused-ring (bicyclic) bond motifs is 1. The molecule has 1 N–H and O–H groups in total. The van der Waals surface area contributed by atoms with Gasteiger partial charge in [0.05, 0.1) is 13.7 Å². The van der Waals surface area contributed by atoms with Gasteiger partial charge in [-0.3, -0.25) is 4.90 Å². The van der Waals surface area contributed by atoms with Gasteiger partial charge in [0, 0.05) is 43.7 Å². The number of aromatic nitrogens is 2.